The molecule has 0 saturated carbocycles. The number of carbonyl (C=O) groups is 2. The van der Waals surface area contributed by atoms with Crippen LogP contribution in [-0.2, 0) is 9.59 Å². The van der Waals surface area contributed by atoms with E-state index >= 15 is 0 Å². The van der Waals surface area contributed by atoms with Gasteiger partial charge in [0.1, 0.15) is 0 Å². The molecule has 1 aliphatic heterocycles. The van der Waals surface area contributed by atoms with E-state index in [1.165, 1.54) is 0 Å². The van der Waals surface area contributed by atoms with E-state index < -0.39 is 11.4 Å². The molecule has 1 aliphatic rings. The summed E-state index contributed by atoms with van der Waals surface area (Å²) in [6.45, 7) is 3.22. The van der Waals surface area contributed by atoms with Gasteiger partial charge in [-0.1, -0.05) is 30.3 Å². The van der Waals surface area contributed by atoms with E-state index in [0.29, 0.717) is 25.9 Å². The molecule has 0 radical (unpaired) electrons. The van der Waals surface area contributed by atoms with Crippen molar-refractivity contribution in [1.82, 2.24) is 5.32 Å². The number of carboxylic acids is 1. The van der Waals surface area contributed by atoms with Crippen molar-refractivity contribution in [1.29, 1.82) is 0 Å². The molecule has 2 aromatic carbocycles. The predicted molar refractivity (Wildman–Crippen MR) is 102 cm³/mol. The van der Waals surface area contributed by atoms with Gasteiger partial charge in [-0.3, -0.25) is 14.5 Å². The number of amides is 1. The molecule has 1 amide bonds. The topological polar surface area (TPSA) is 69.6 Å². The lowest BCUT2D eigenvalue weighted by atomic mass is 9.75. The van der Waals surface area contributed by atoms with Crippen molar-refractivity contribution in [3.05, 3.63) is 60.2 Å². The van der Waals surface area contributed by atoms with Gasteiger partial charge in [-0.15, -0.1) is 0 Å². The van der Waals surface area contributed by atoms with E-state index in [1.54, 1.807) is 4.90 Å². The first kappa shape index (κ1) is 18.1. The van der Waals surface area contributed by atoms with Crippen LogP contribution >= 0.6 is 0 Å². The summed E-state index contributed by atoms with van der Waals surface area (Å²) in [4.78, 5) is 26.9. The van der Waals surface area contributed by atoms with Crippen molar-refractivity contribution in [2.75, 3.05) is 18.0 Å². The highest BCUT2D eigenvalue weighted by atomic mass is 16.4. The lowest BCUT2D eigenvalue weighted by Crippen LogP contribution is -2.45. The highest BCUT2D eigenvalue weighted by Crippen LogP contribution is 2.36. The van der Waals surface area contributed by atoms with Gasteiger partial charge in [0.05, 0.1) is 5.41 Å². The van der Waals surface area contributed by atoms with Gasteiger partial charge in [-0.05, 0) is 62.7 Å². The van der Waals surface area contributed by atoms with Crippen molar-refractivity contribution < 1.29 is 14.7 Å². The van der Waals surface area contributed by atoms with Gasteiger partial charge in [0.2, 0.25) is 5.91 Å². The SMILES string of the molecule is Cc1cccc(N(C(=O)CC2(C(=O)O)CCNCC2)c2ccccc2)c1. The first-order chi connectivity index (χ1) is 12.5. The normalized spacial score (nSPS) is 16.0. The Balaban J connectivity index is 1.96. The summed E-state index contributed by atoms with van der Waals surface area (Å²) < 4.78 is 0. The Hall–Kier alpha value is -2.66. The maximum atomic E-state index is 13.3. The van der Waals surface area contributed by atoms with Gasteiger partial charge < -0.3 is 10.4 Å². The number of aliphatic carboxylic acids is 1. The first-order valence-corrected chi connectivity index (χ1v) is 8.91. The third-order valence-electron chi connectivity index (χ3n) is 5.03. The molecule has 0 aliphatic carbocycles. The van der Waals surface area contributed by atoms with Crippen molar-refractivity contribution in [2.24, 2.45) is 5.41 Å². The molecule has 2 aromatic rings. The van der Waals surface area contributed by atoms with Crippen LogP contribution in [0.5, 0.6) is 0 Å². The largest absolute Gasteiger partial charge is 0.481 e. The van der Waals surface area contributed by atoms with E-state index in [4.69, 9.17) is 0 Å². The monoisotopic (exact) mass is 352 g/mol. The maximum absolute atomic E-state index is 13.3. The van der Waals surface area contributed by atoms with Gasteiger partial charge in [-0.2, -0.15) is 0 Å². The van der Waals surface area contributed by atoms with Crippen LogP contribution in [-0.4, -0.2) is 30.1 Å². The van der Waals surface area contributed by atoms with Gasteiger partial charge in [0.25, 0.3) is 0 Å². The number of benzene rings is 2. The number of carbonyl (C=O) groups excluding carboxylic acids is 1. The summed E-state index contributed by atoms with van der Waals surface area (Å²) in [6.07, 6.45) is 0.919. The van der Waals surface area contributed by atoms with Gasteiger partial charge in [0.15, 0.2) is 0 Å². The minimum absolute atomic E-state index is 0.00709. The summed E-state index contributed by atoms with van der Waals surface area (Å²) in [5.74, 6) is -1.07. The zero-order valence-corrected chi connectivity index (χ0v) is 14.9. The van der Waals surface area contributed by atoms with Gasteiger partial charge in [-0.25, -0.2) is 0 Å². The Bertz CT molecular complexity index is 783. The maximum Gasteiger partial charge on any atom is 0.310 e. The summed E-state index contributed by atoms with van der Waals surface area (Å²) in [6, 6.07) is 17.1. The Kier molecular flexibility index (Phi) is 5.38. The molecule has 0 unspecified atom stereocenters. The zero-order valence-electron chi connectivity index (χ0n) is 14.9. The van der Waals surface area contributed by atoms with E-state index in [9.17, 15) is 14.7 Å². The second kappa shape index (κ2) is 7.70. The Morgan fingerprint density at radius 3 is 2.31 bits per heavy atom. The molecule has 0 spiro atoms. The van der Waals surface area contributed by atoms with Crippen LogP contribution in [0.3, 0.4) is 0 Å². The molecule has 0 atom stereocenters. The summed E-state index contributed by atoms with van der Waals surface area (Å²) >= 11 is 0. The molecule has 5 heteroatoms. The van der Waals surface area contributed by atoms with E-state index in [1.807, 2.05) is 61.5 Å². The lowest BCUT2D eigenvalue weighted by Gasteiger charge is -2.35. The van der Waals surface area contributed by atoms with Crippen LogP contribution in [0, 0.1) is 12.3 Å². The van der Waals surface area contributed by atoms with Crippen LogP contribution in [0.1, 0.15) is 24.8 Å². The second-order valence-electron chi connectivity index (χ2n) is 6.92. The molecule has 5 nitrogen and oxygen atoms in total. The average molecular weight is 352 g/mol. The second-order valence-corrected chi connectivity index (χ2v) is 6.92. The number of aryl methyl sites for hydroxylation is 1. The number of piperidine rings is 1. The van der Waals surface area contributed by atoms with Crippen LogP contribution in [0.4, 0.5) is 11.4 Å². The number of carboxylic acid groups (broad SMARTS) is 1. The summed E-state index contributed by atoms with van der Waals surface area (Å²) in [5.41, 5.74) is 1.55. The quantitative estimate of drug-likeness (QED) is 0.864. The fourth-order valence-electron chi connectivity index (χ4n) is 3.52. The minimum atomic E-state index is -1.00. The number of para-hydroxylation sites is 1. The number of hydrogen-bond donors (Lipinski definition) is 2. The number of nitrogens with zero attached hydrogens (tertiary/aromatic N) is 1. The molecular weight excluding hydrogens is 328 g/mol. The average Bonchev–Trinajstić information content (AvgIpc) is 2.63. The Morgan fingerprint density at radius 2 is 1.69 bits per heavy atom. The van der Waals surface area contributed by atoms with Crippen molar-refractivity contribution in [2.45, 2.75) is 26.2 Å². The molecule has 0 bridgehead atoms. The molecule has 136 valence electrons. The number of hydrogen-bond acceptors (Lipinski definition) is 3. The van der Waals surface area contributed by atoms with Crippen molar-refractivity contribution in [3.63, 3.8) is 0 Å². The number of nitrogens with one attached hydrogen (secondary N) is 1. The van der Waals surface area contributed by atoms with Crippen LogP contribution in [0.15, 0.2) is 54.6 Å². The molecule has 26 heavy (non-hydrogen) atoms. The molecule has 1 heterocycles. The summed E-state index contributed by atoms with van der Waals surface area (Å²) in [5, 5.41) is 13.0. The highest BCUT2D eigenvalue weighted by Gasteiger charge is 2.42. The van der Waals surface area contributed by atoms with Crippen LogP contribution < -0.4 is 10.2 Å². The third kappa shape index (κ3) is 3.78. The Morgan fingerprint density at radius 1 is 1.04 bits per heavy atom. The molecule has 2 N–H and O–H groups in total. The van der Waals surface area contributed by atoms with Crippen LogP contribution in [0.25, 0.3) is 0 Å². The molecule has 0 aromatic heterocycles. The molecule has 3 rings (SSSR count). The van der Waals surface area contributed by atoms with E-state index in [-0.39, 0.29) is 12.3 Å². The molecular formula is C21H24N2O3. The number of rotatable bonds is 5. The predicted octanol–water partition coefficient (Wildman–Crippen LogP) is 3.50. The van der Waals surface area contributed by atoms with Gasteiger partial charge in [0, 0.05) is 17.8 Å². The van der Waals surface area contributed by atoms with E-state index in [2.05, 4.69) is 5.32 Å². The zero-order chi connectivity index (χ0) is 18.6. The molecule has 1 saturated heterocycles. The molecule has 1 fully saturated rings. The van der Waals surface area contributed by atoms with Crippen molar-refractivity contribution in [3.8, 4) is 0 Å². The van der Waals surface area contributed by atoms with Crippen molar-refractivity contribution >= 4 is 23.3 Å². The van der Waals surface area contributed by atoms with E-state index in [0.717, 1.165) is 16.9 Å². The Labute approximate surface area is 153 Å². The standard InChI is InChI=1S/C21H24N2O3/c1-16-6-5-9-18(14-16)23(17-7-3-2-4-8-17)19(24)15-21(20(25)26)10-12-22-13-11-21/h2-9,14,22H,10-13,15H2,1H3,(H,25,26). The number of anilines is 2. The first-order valence-electron chi connectivity index (χ1n) is 8.91. The minimum Gasteiger partial charge on any atom is -0.481 e. The smallest absolute Gasteiger partial charge is 0.310 e. The third-order valence-corrected chi connectivity index (χ3v) is 5.03. The summed E-state index contributed by atoms with van der Waals surface area (Å²) in [7, 11) is 0. The van der Waals surface area contributed by atoms with Crippen LogP contribution in [0.2, 0.25) is 0 Å². The highest BCUT2D eigenvalue weighted by molar-refractivity contribution is 6.02. The fourth-order valence-corrected chi connectivity index (χ4v) is 3.52. The lowest BCUT2D eigenvalue weighted by molar-refractivity contribution is -0.153. The van der Waals surface area contributed by atoms with Gasteiger partial charge >= 0.3 is 5.97 Å². The fraction of sp³-hybridized carbons (Fsp3) is 0.333.